The molecule has 0 radical (unpaired) electrons. The average Bonchev–Trinajstić information content (AvgIpc) is 2.94. The molecule has 2 N–H and O–H groups in total. The summed E-state index contributed by atoms with van der Waals surface area (Å²) in [6.07, 6.45) is 7.96. The van der Waals surface area contributed by atoms with Gasteiger partial charge in [-0.3, -0.25) is 0 Å². The number of aliphatic hydroxyl groups excluding tert-OH is 2. The highest BCUT2D eigenvalue weighted by atomic mass is 32.2. The van der Waals surface area contributed by atoms with Gasteiger partial charge in [0.15, 0.2) is 0 Å². The maximum atomic E-state index is 13.2. The molecule has 1 aliphatic carbocycles. The van der Waals surface area contributed by atoms with Gasteiger partial charge < -0.3 is 19.7 Å². The molecule has 4 rings (SSSR count). The van der Waals surface area contributed by atoms with Gasteiger partial charge in [-0.25, -0.2) is 8.42 Å². The molecule has 0 amide bonds. The molecular formula is C30H32O6S. The SMILES string of the molecule is O=S(=O)(c1ccc(-c2ccc(OCCCO)cc2)cc1)c1ccc(C2C=CC(OCCCO)=CC2)cc1. The van der Waals surface area contributed by atoms with E-state index in [0.29, 0.717) is 26.1 Å². The number of ether oxygens (including phenoxy) is 2. The summed E-state index contributed by atoms with van der Waals surface area (Å²) in [6, 6.07) is 21.5. The number of rotatable bonds is 12. The van der Waals surface area contributed by atoms with E-state index >= 15 is 0 Å². The Morgan fingerprint density at radius 1 is 0.730 bits per heavy atom. The van der Waals surface area contributed by atoms with Crippen LogP contribution in [0.15, 0.2) is 107 Å². The zero-order chi connectivity index (χ0) is 26.1. The van der Waals surface area contributed by atoms with Gasteiger partial charge in [0.1, 0.15) is 11.5 Å². The predicted octanol–water partition coefficient (Wildman–Crippen LogP) is 5.27. The molecule has 1 aliphatic rings. The predicted molar refractivity (Wildman–Crippen MR) is 143 cm³/mol. The summed E-state index contributed by atoms with van der Waals surface area (Å²) in [7, 11) is -3.64. The van der Waals surface area contributed by atoms with E-state index in [-0.39, 0.29) is 28.9 Å². The molecule has 0 saturated carbocycles. The highest BCUT2D eigenvalue weighted by Gasteiger charge is 2.19. The lowest BCUT2D eigenvalue weighted by Crippen LogP contribution is -2.04. The largest absolute Gasteiger partial charge is 0.494 e. The topological polar surface area (TPSA) is 93.1 Å². The summed E-state index contributed by atoms with van der Waals surface area (Å²) in [4.78, 5) is 0.509. The molecule has 1 atom stereocenters. The van der Waals surface area contributed by atoms with Crippen molar-refractivity contribution in [2.24, 2.45) is 0 Å². The second kappa shape index (κ2) is 12.7. The van der Waals surface area contributed by atoms with Crippen molar-refractivity contribution in [2.45, 2.75) is 35.0 Å². The smallest absolute Gasteiger partial charge is 0.206 e. The molecule has 1 unspecified atom stereocenters. The number of benzene rings is 3. The van der Waals surface area contributed by atoms with Crippen molar-refractivity contribution in [2.75, 3.05) is 26.4 Å². The Labute approximate surface area is 218 Å². The minimum atomic E-state index is -3.64. The second-order valence-electron chi connectivity index (χ2n) is 8.78. The van der Waals surface area contributed by atoms with Crippen LogP contribution in [0.4, 0.5) is 0 Å². The van der Waals surface area contributed by atoms with Crippen LogP contribution in [0.2, 0.25) is 0 Å². The third-order valence-electron chi connectivity index (χ3n) is 6.18. The summed E-state index contributed by atoms with van der Waals surface area (Å²) in [6.45, 7) is 1.14. The van der Waals surface area contributed by atoms with Crippen LogP contribution in [-0.2, 0) is 14.6 Å². The number of allylic oxidation sites excluding steroid dienone is 3. The lowest BCUT2D eigenvalue weighted by atomic mass is 9.92. The van der Waals surface area contributed by atoms with Crippen molar-refractivity contribution >= 4 is 9.84 Å². The Morgan fingerprint density at radius 2 is 1.27 bits per heavy atom. The van der Waals surface area contributed by atoms with Crippen LogP contribution in [0.1, 0.15) is 30.7 Å². The molecule has 6 nitrogen and oxygen atoms in total. The van der Waals surface area contributed by atoms with Crippen LogP contribution in [0.3, 0.4) is 0 Å². The van der Waals surface area contributed by atoms with Crippen LogP contribution < -0.4 is 4.74 Å². The number of hydrogen-bond acceptors (Lipinski definition) is 6. The van der Waals surface area contributed by atoms with Gasteiger partial charge in [0.2, 0.25) is 9.84 Å². The lowest BCUT2D eigenvalue weighted by Gasteiger charge is -2.17. The summed E-state index contributed by atoms with van der Waals surface area (Å²) >= 11 is 0. The van der Waals surface area contributed by atoms with Crippen molar-refractivity contribution in [1.29, 1.82) is 0 Å². The lowest BCUT2D eigenvalue weighted by molar-refractivity contribution is 0.183. The van der Waals surface area contributed by atoms with Gasteiger partial charge in [0, 0.05) is 32.0 Å². The van der Waals surface area contributed by atoms with Crippen molar-refractivity contribution in [1.82, 2.24) is 0 Å². The zero-order valence-corrected chi connectivity index (χ0v) is 21.4. The fraction of sp³-hybridized carbons (Fsp3) is 0.267. The maximum absolute atomic E-state index is 13.2. The van der Waals surface area contributed by atoms with Crippen LogP contribution in [-0.4, -0.2) is 45.1 Å². The number of hydrogen-bond donors (Lipinski definition) is 2. The summed E-state index contributed by atoms with van der Waals surface area (Å²) in [5.74, 6) is 1.69. The van der Waals surface area contributed by atoms with Gasteiger partial charge in [-0.2, -0.15) is 0 Å². The third-order valence-corrected chi connectivity index (χ3v) is 7.96. The average molecular weight is 521 g/mol. The molecule has 0 fully saturated rings. The minimum Gasteiger partial charge on any atom is -0.494 e. The van der Waals surface area contributed by atoms with Gasteiger partial charge in [0.05, 0.1) is 23.0 Å². The quantitative estimate of drug-likeness (QED) is 0.316. The summed E-state index contributed by atoms with van der Waals surface area (Å²) < 4.78 is 37.6. The molecule has 37 heavy (non-hydrogen) atoms. The monoisotopic (exact) mass is 520 g/mol. The first-order chi connectivity index (χ1) is 18.0. The fourth-order valence-corrected chi connectivity index (χ4v) is 5.33. The van der Waals surface area contributed by atoms with Crippen LogP contribution in [0.25, 0.3) is 11.1 Å². The second-order valence-corrected chi connectivity index (χ2v) is 10.7. The van der Waals surface area contributed by atoms with Crippen molar-refractivity contribution in [3.8, 4) is 16.9 Å². The molecule has 0 aromatic heterocycles. The fourth-order valence-electron chi connectivity index (χ4n) is 4.06. The van der Waals surface area contributed by atoms with Gasteiger partial charge in [0.25, 0.3) is 0 Å². The van der Waals surface area contributed by atoms with Gasteiger partial charge in [-0.15, -0.1) is 0 Å². The van der Waals surface area contributed by atoms with Crippen molar-refractivity contribution < 1.29 is 28.1 Å². The molecule has 3 aromatic rings. The molecule has 0 bridgehead atoms. The van der Waals surface area contributed by atoms with E-state index in [0.717, 1.165) is 34.6 Å². The van der Waals surface area contributed by atoms with Crippen molar-refractivity contribution in [3.63, 3.8) is 0 Å². The Kier molecular flexibility index (Phi) is 9.17. The van der Waals surface area contributed by atoms with Crippen molar-refractivity contribution in [3.05, 3.63) is 102 Å². The molecule has 3 aromatic carbocycles. The Morgan fingerprint density at radius 3 is 1.81 bits per heavy atom. The maximum Gasteiger partial charge on any atom is 0.206 e. The van der Waals surface area contributed by atoms with E-state index < -0.39 is 9.84 Å². The van der Waals surface area contributed by atoms with Gasteiger partial charge in [-0.1, -0.05) is 42.5 Å². The van der Waals surface area contributed by atoms with Crippen LogP contribution in [0.5, 0.6) is 5.75 Å². The Balaban J connectivity index is 1.40. The van der Waals surface area contributed by atoms with E-state index in [9.17, 15) is 8.42 Å². The molecule has 0 aliphatic heterocycles. The molecule has 7 heteroatoms. The Hall–Kier alpha value is -3.39. The minimum absolute atomic E-state index is 0.0941. The molecule has 0 heterocycles. The van der Waals surface area contributed by atoms with E-state index in [2.05, 4.69) is 6.08 Å². The molecule has 0 spiro atoms. The number of sulfone groups is 1. The highest BCUT2D eigenvalue weighted by Crippen LogP contribution is 2.30. The zero-order valence-electron chi connectivity index (χ0n) is 20.6. The summed E-state index contributed by atoms with van der Waals surface area (Å²) in [5.41, 5.74) is 2.91. The first-order valence-corrected chi connectivity index (χ1v) is 13.9. The van der Waals surface area contributed by atoms with E-state index in [1.54, 1.807) is 24.3 Å². The first-order valence-electron chi connectivity index (χ1n) is 12.4. The molecule has 194 valence electrons. The number of aliphatic hydroxyl groups is 2. The normalized spacial score (nSPS) is 15.3. The van der Waals surface area contributed by atoms with E-state index in [1.165, 1.54) is 0 Å². The Bertz CT molecular complexity index is 1310. The molecule has 0 saturated heterocycles. The van der Waals surface area contributed by atoms with Crippen LogP contribution in [0, 0.1) is 0 Å². The van der Waals surface area contributed by atoms with Gasteiger partial charge >= 0.3 is 0 Å². The van der Waals surface area contributed by atoms with E-state index in [4.69, 9.17) is 19.7 Å². The standard InChI is InChI=1S/C30H32O6S/c31-19-1-21-35-27-11-3-23(4-12-27)25-7-15-29(16-8-25)37(33,34)30-17-9-26(10-18-30)24-5-13-28(14-6-24)36-22-2-20-32/h3-5,7-18,24,31-32H,1-2,6,19-22H2. The summed E-state index contributed by atoms with van der Waals surface area (Å²) in [5, 5.41) is 17.7. The first kappa shape index (κ1) is 26.7. The highest BCUT2D eigenvalue weighted by molar-refractivity contribution is 7.91. The third kappa shape index (κ3) is 6.89. The van der Waals surface area contributed by atoms with E-state index in [1.807, 2.05) is 60.7 Å². The van der Waals surface area contributed by atoms with Gasteiger partial charge in [-0.05, 0) is 71.7 Å². The molecular weight excluding hydrogens is 488 g/mol. The van der Waals surface area contributed by atoms with Crippen LogP contribution >= 0.6 is 0 Å².